The largest absolute Gasteiger partial charge is 0.478 e. The molecule has 1 amide bonds. The molecule has 0 bridgehead atoms. The lowest BCUT2D eigenvalue weighted by Gasteiger charge is -2.16. The van der Waals surface area contributed by atoms with E-state index in [1.165, 1.54) is 36.4 Å². The number of aromatic carboxylic acids is 1. The molecule has 1 fully saturated rings. The van der Waals surface area contributed by atoms with Gasteiger partial charge >= 0.3 is 12.1 Å². The smallest absolute Gasteiger partial charge is 0.416 e. The van der Waals surface area contributed by atoms with E-state index in [9.17, 15) is 22.8 Å². The fourth-order valence-corrected chi connectivity index (χ4v) is 3.72. The number of hydrogen-bond donors (Lipinski definition) is 1. The van der Waals surface area contributed by atoms with E-state index >= 15 is 0 Å². The highest BCUT2D eigenvalue weighted by Crippen LogP contribution is 2.38. The number of alkyl halides is 3. The van der Waals surface area contributed by atoms with Gasteiger partial charge in [-0.25, -0.2) is 4.79 Å². The zero-order valence-corrected chi connectivity index (χ0v) is 15.0. The number of rotatable bonds is 3. The molecule has 2 aromatic rings. The maximum Gasteiger partial charge on any atom is 0.416 e. The maximum absolute atomic E-state index is 12.9. The van der Waals surface area contributed by atoms with Crippen LogP contribution in [-0.2, 0) is 11.0 Å². The Morgan fingerprint density at radius 3 is 2.52 bits per heavy atom. The molecule has 0 aromatic heterocycles. The molecule has 0 aliphatic carbocycles. The van der Waals surface area contributed by atoms with Gasteiger partial charge in [0.15, 0.2) is 4.32 Å². The monoisotopic (exact) mass is 409 g/mol. The Morgan fingerprint density at radius 1 is 1.15 bits per heavy atom. The van der Waals surface area contributed by atoms with Gasteiger partial charge in [0.1, 0.15) is 0 Å². The molecule has 1 N–H and O–H groups in total. The zero-order valence-electron chi connectivity index (χ0n) is 13.4. The second kappa shape index (κ2) is 7.16. The molecule has 2 aromatic carbocycles. The first-order valence-electron chi connectivity index (χ1n) is 7.45. The van der Waals surface area contributed by atoms with Crippen LogP contribution in [0.2, 0.25) is 0 Å². The summed E-state index contributed by atoms with van der Waals surface area (Å²) < 4.78 is 38.8. The SMILES string of the molecule is O=C(O)c1cccc(/C=C2/SC(=S)N(c3cccc(C(F)(F)F)c3)C2=O)c1. The van der Waals surface area contributed by atoms with E-state index < -0.39 is 23.6 Å². The van der Waals surface area contributed by atoms with Crippen LogP contribution in [0.5, 0.6) is 0 Å². The summed E-state index contributed by atoms with van der Waals surface area (Å²) in [5.74, 6) is -1.67. The van der Waals surface area contributed by atoms with Gasteiger partial charge in [-0.3, -0.25) is 9.69 Å². The Hall–Kier alpha value is -2.65. The molecule has 0 saturated carbocycles. The number of carbonyl (C=O) groups is 2. The summed E-state index contributed by atoms with van der Waals surface area (Å²) in [6.45, 7) is 0. The lowest BCUT2D eigenvalue weighted by atomic mass is 10.1. The van der Waals surface area contributed by atoms with Crippen LogP contribution in [0, 0.1) is 0 Å². The van der Waals surface area contributed by atoms with Crippen molar-refractivity contribution in [3.63, 3.8) is 0 Å². The number of carboxylic acid groups (broad SMARTS) is 1. The number of anilines is 1. The predicted octanol–water partition coefficient (Wildman–Crippen LogP) is 4.81. The molecular weight excluding hydrogens is 399 g/mol. The van der Waals surface area contributed by atoms with Crippen molar-refractivity contribution < 1.29 is 27.9 Å². The van der Waals surface area contributed by atoms with Gasteiger partial charge in [-0.1, -0.05) is 42.2 Å². The number of carbonyl (C=O) groups excluding carboxylic acids is 1. The summed E-state index contributed by atoms with van der Waals surface area (Å²) in [4.78, 5) is 24.9. The van der Waals surface area contributed by atoms with E-state index in [1.807, 2.05) is 0 Å². The average Bonchev–Trinajstić information content (AvgIpc) is 2.88. The quantitative estimate of drug-likeness (QED) is 0.583. The van der Waals surface area contributed by atoms with Crippen LogP contribution >= 0.6 is 24.0 Å². The number of amides is 1. The molecule has 0 unspecified atom stereocenters. The van der Waals surface area contributed by atoms with Gasteiger partial charge in [0.25, 0.3) is 5.91 Å². The number of thiocarbonyl (C=S) groups is 1. The standard InChI is InChI=1S/C18H10F3NO3S2/c19-18(20,21)12-5-2-6-13(9-12)22-15(23)14(27-17(22)26)8-10-3-1-4-11(7-10)16(24)25/h1-9H,(H,24,25)/b14-8+. The third kappa shape index (κ3) is 4.04. The van der Waals surface area contributed by atoms with Crippen molar-refractivity contribution >= 4 is 51.9 Å². The third-order valence-corrected chi connectivity index (χ3v) is 4.96. The molecular formula is C18H10F3NO3S2. The summed E-state index contributed by atoms with van der Waals surface area (Å²) in [5, 5.41) is 9.03. The minimum atomic E-state index is -4.54. The molecule has 4 nitrogen and oxygen atoms in total. The first-order chi connectivity index (χ1) is 12.7. The average molecular weight is 409 g/mol. The first kappa shape index (κ1) is 19.1. The molecule has 0 atom stereocenters. The second-order valence-corrected chi connectivity index (χ2v) is 7.17. The minimum absolute atomic E-state index is 0.0232. The lowest BCUT2D eigenvalue weighted by Crippen LogP contribution is -2.27. The van der Waals surface area contributed by atoms with Crippen molar-refractivity contribution in [2.45, 2.75) is 6.18 Å². The van der Waals surface area contributed by atoms with Crippen LogP contribution in [-0.4, -0.2) is 21.3 Å². The van der Waals surface area contributed by atoms with E-state index in [4.69, 9.17) is 17.3 Å². The Balaban J connectivity index is 1.94. The molecule has 0 radical (unpaired) electrons. The normalized spacial score (nSPS) is 16.3. The molecule has 1 saturated heterocycles. The van der Waals surface area contributed by atoms with Gasteiger partial charge in [-0.15, -0.1) is 0 Å². The summed E-state index contributed by atoms with van der Waals surface area (Å²) in [6, 6.07) is 10.3. The molecule has 9 heteroatoms. The van der Waals surface area contributed by atoms with Crippen LogP contribution < -0.4 is 4.90 Å². The summed E-state index contributed by atoms with van der Waals surface area (Å²) in [6.07, 6.45) is -3.08. The van der Waals surface area contributed by atoms with Crippen molar-refractivity contribution in [3.8, 4) is 0 Å². The zero-order chi connectivity index (χ0) is 19.8. The molecule has 1 aliphatic rings. The highest BCUT2D eigenvalue weighted by Gasteiger charge is 2.36. The van der Waals surface area contributed by atoms with Gasteiger partial charge in [-0.05, 0) is 42.0 Å². The highest BCUT2D eigenvalue weighted by molar-refractivity contribution is 8.27. The molecule has 138 valence electrons. The van der Waals surface area contributed by atoms with Gasteiger partial charge in [-0.2, -0.15) is 13.2 Å². The molecule has 27 heavy (non-hydrogen) atoms. The first-order valence-corrected chi connectivity index (χ1v) is 8.68. The van der Waals surface area contributed by atoms with Crippen molar-refractivity contribution in [3.05, 3.63) is 70.1 Å². The van der Waals surface area contributed by atoms with E-state index in [2.05, 4.69) is 0 Å². The van der Waals surface area contributed by atoms with E-state index in [0.29, 0.717) is 5.56 Å². The van der Waals surface area contributed by atoms with Crippen LogP contribution in [0.3, 0.4) is 0 Å². The van der Waals surface area contributed by atoms with Crippen LogP contribution in [0.1, 0.15) is 21.5 Å². The van der Waals surface area contributed by atoms with Crippen molar-refractivity contribution in [2.75, 3.05) is 4.90 Å². The van der Waals surface area contributed by atoms with Gasteiger partial charge in [0.05, 0.1) is 21.7 Å². The summed E-state index contributed by atoms with van der Waals surface area (Å²) >= 11 is 6.09. The molecule has 3 rings (SSSR count). The fourth-order valence-electron chi connectivity index (χ4n) is 2.42. The van der Waals surface area contributed by atoms with Crippen LogP contribution in [0.25, 0.3) is 6.08 Å². The number of thioether (sulfide) groups is 1. The predicted molar refractivity (Wildman–Crippen MR) is 100 cm³/mol. The number of benzene rings is 2. The van der Waals surface area contributed by atoms with Crippen molar-refractivity contribution in [1.82, 2.24) is 0 Å². The highest BCUT2D eigenvalue weighted by atomic mass is 32.2. The maximum atomic E-state index is 12.9. The topological polar surface area (TPSA) is 57.6 Å². The van der Waals surface area contributed by atoms with Gasteiger partial charge in [0.2, 0.25) is 0 Å². The van der Waals surface area contributed by atoms with Crippen molar-refractivity contribution in [1.29, 1.82) is 0 Å². The van der Waals surface area contributed by atoms with Crippen LogP contribution in [0.4, 0.5) is 18.9 Å². The molecule has 1 aliphatic heterocycles. The van der Waals surface area contributed by atoms with Gasteiger partial charge < -0.3 is 5.11 Å². The number of nitrogens with zero attached hydrogens (tertiary/aromatic N) is 1. The van der Waals surface area contributed by atoms with Gasteiger partial charge in [0, 0.05) is 0 Å². The summed E-state index contributed by atoms with van der Waals surface area (Å²) in [5.41, 5.74) is -0.334. The Morgan fingerprint density at radius 2 is 1.85 bits per heavy atom. The lowest BCUT2D eigenvalue weighted by molar-refractivity contribution is -0.137. The molecule has 1 heterocycles. The van der Waals surface area contributed by atoms with E-state index in [-0.39, 0.29) is 20.5 Å². The van der Waals surface area contributed by atoms with E-state index in [0.717, 1.165) is 28.8 Å². The number of carboxylic acids is 1. The Kier molecular flexibility index (Phi) is 5.07. The third-order valence-electron chi connectivity index (χ3n) is 3.66. The summed E-state index contributed by atoms with van der Waals surface area (Å²) in [7, 11) is 0. The van der Waals surface area contributed by atoms with Crippen molar-refractivity contribution in [2.24, 2.45) is 0 Å². The molecule has 0 spiro atoms. The Bertz CT molecular complexity index is 986. The number of halogens is 3. The Labute approximate surface area is 161 Å². The minimum Gasteiger partial charge on any atom is -0.478 e. The second-order valence-electron chi connectivity index (χ2n) is 5.50. The van der Waals surface area contributed by atoms with E-state index in [1.54, 1.807) is 6.07 Å². The number of hydrogen-bond acceptors (Lipinski definition) is 4. The van der Waals surface area contributed by atoms with Crippen LogP contribution in [0.15, 0.2) is 53.4 Å². The fraction of sp³-hybridized carbons (Fsp3) is 0.0556.